The molecule has 0 N–H and O–H groups in total. The van der Waals surface area contributed by atoms with E-state index in [1.807, 2.05) is 37.3 Å². The number of carbonyl (C=O) groups excluding carboxylic acids is 1. The molecule has 7 heteroatoms. The van der Waals surface area contributed by atoms with Gasteiger partial charge in [-0.05, 0) is 56.4 Å². The van der Waals surface area contributed by atoms with Gasteiger partial charge in [0.05, 0.1) is 12.3 Å². The summed E-state index contributed by atoms with van der Waals surface area (Å²) in [4.78, 5) is 21.0. The average Bonchev–Trinajstić information content (AvgIpc) is 3.49. The van der Waals surface area contributed by atoms with Gasteiger partial charge in [-0.2, -0.15) is 5.10 Å². The third-order valence-corrected chi connectivity index (χ3v) is 5.56. The maximum atomic E-state index is 12.4. The van der Waals surface area contributed by atoms with Crippen LogP contribution in [-0.2, 0) is 28.8 Å². The maximum Gasteiger partial charge on any atom is 0.331 e. The zero-order valence-electron chi connectivity index (χ0n) is 19.0. The lowest BCUT2D eigenvalue weighted by molar-refractivity contribution is -0.147. The molecule has 4 aromatic rings. The summed E-state index contributed by atoms with van der Waals surface area (Å²) < 4.78 is 12.6. The number of oxazole rings is 1. The van der Waals surface area contributed by atoms with Gasteiger partial charge in [0.15, 0.2) is 6.04 Å². The van der Waals surface area contributed by atoms with Crippen LogP contribution in [0.5, 0.6) is 0 Å². The number of carbonyl (C=O) groups is 1. The smallest absolute Gasteiger partial charge is 0.331 e. The SMILES string of the molecule is CCOC(=O)C(Cc1ccc(CCCc2nc(-c3ccccc3)oc2C)cc1)n1cncn1. The first kappa shape index (κ1) is 22.5. The molecule has 170 valence electrons. The van der Waals surface area contributed by atoms with Crippen LogP contribution in [0.25, 0.3) is 11.5 Å². The molecule has 0 aliphatic rings. The van der Waals surface area contributed by atoms with Gasteiger partial charge in [0.1, 0.15) is 18.4 Å². The van der Waals surface area contributed by atoms with Gasteiger partial charge in [-0.3, -0.25) is 0 Å². The van der Waals surface area contributed by atoms with Crippen molar-refractivity contribution in [2.45, 2.75) is 45.6 Å². The molecule has 2 aromatic carbocycles. The number of aryl methyl sites for hydroxylation is 3. The number of benzene rings is 2. The summed E-state index contributed by atoms with van der Waals surface area (Å²) in [6.45, 7) is 4.10. The highest BCUT2D eigenvalue weighted by Crippen LogP contribution is 2.23. The first-order valence-corrected chi connectivity index (χ1v) is 11.2. The predicted octanol–water partition coefficient (Wildman–Crippen LogP) is 4.76. The zero-order valence-corrected chi connectivity index (χ0v) is 19.0. The highest BCUT2D eigenvalue weighted by atomic mass is 16.5. The molecule has 1 unspecified atom stereocenters. The van der Waals surface area contributed by atoms with Crippen LogP contribution in [0.1, 0.15) is 42.0 Å². The van der Waals surface area contributed by atoms with Crippen molar-refractivity contribution in [2.24, 2.45) is 0 Å². The van der Waals surface area contributed by atoms with E-state index in [0.29, 0.717) is 18.9 Å². The second-order valence-corrected chi connectivity index (χ2v) is 7.91. The first-order chi connectivity index (χ1) is 16.1. The number of nitrogens with zero attached hydrogens (tertiary/aromatic N) is 4. The lowest BCUT2D eigenvalue weighted by atomic mass is 10.0. The van der Waals surface area contributed by atoms with Gasteiger partial charge in [0.2, 0.25) is 5.89 Å². The molecule has 0 spiro atoms. The van der Waals surface area contributed by atoms with Crippen LogP contribution in [-0.4, -0.2) is 32.3 Å². The molecule has 0 saturated carbocycles. The molecule has 0 amide bonds. The molecule has 0 aliphatic carbocycles. The summed E-state index contributed by atoms with van der Waals surface area (Å²) in [6, 6.07) is 17.8. The van der Waals surface area contributed by atoms with Crippen molar-refractivity contribution in [1.29, 1.82) is 0 Å². The van der Waals surface area contributed by atoms with E-state index in [-0.39, 0.29) is 5.97 Å². The Hall–Kier alpha value is -3.74. The Morgan fingerprint density at radius 2 is 1.82 bits per heavy atom. The van der Waals surface area contributed by atoms with Crippen LogP contribution in [0, 0.1) is 6.92 Å². The molecule has 7 nitrogen and oxygen atoms in total. The predicted molar refractivity (Wildman–Crippen MR) is 125 cm³/mol. The minimum Gasteiger partial charge on any atom is -0.464 e. The van der Waals surface area contributed by atoms with Crippen molar-refractivity contribution in [3.05, 3.63) is 89.8 Å². The van der Waals surface area contributed by atoms with Gasteiger partial charge in [0.25, 0.3) is 0 Å². The molecule has 0 bridgehead atoms. The molecule has 0 saturated heterocycles. The van der Waals surface area contributed by atoms with Crippen molar-refractivity contribution >= 4 is 5.97 Å². The maximum absolute atomic E-state index is 12.4. The van der Waals surface area contributed by atoms with Gasteiger partial charge < -0.3 is 9.15 Å². The standard InChI is InChI=1S/C26H28N4O3/c1-3-32-26(31)24(30-18-27-17-28-30)16-21-14-12-20(13-15-21)8-7-11-23-19(2)33-25(29-23)22-9-5-4-6-10-22/h4-6,9-10,12-15,17-18,24H,3,7-8,11,16H2,1-2H3. The van der Waals surface area contributed by atoms with E-state index < -0.39 is 6.04 Å². The van der Waals surface area contributed by atoms with Crippen LogP contribution < -0.4 is 0 Å². The number of rotatable bonds is 10. The molecule has 1 atom stereocenters. The third kappa shape index (κ3) is 5.74. The van der Waals surface area contributed by atoms with Gasteiger partial charge >= 0.3 is 5.97 Å². The van der Waals surface area contributed by atoms with Crippen LogP contribution in [0.2, 0.25) is 0 Å². The van der Waals surface area contributed by atoms with E-state index in [1.165, 1.54) is 11.9 Å². The van der Waals surface area contributed by atoms with Crippen molar-refractivity contribution < 1.29 is 13.9 Å². The largest absolute Gasteiger partial charge is 0.464 e. The summed E-state index contributed by atoms with van der Waals surface area (Å²) in [7, 11) is 0. The molecule has 2 aromatic heterocycles. The summed E-state index contributed by atoms with van der Waals surface area (Å²) in [5.74, 6) is 1.25. The summed E-state index contributed by atoms with van der Waals surface area (Å²) in [5.41, 5.74) is 4.30. The molecule has 4 rings (SSSR count). The van der Waals surface area contributed by atoms with E-state index in [2.05, 4.69) is 34.3 Å². The zero-order chi connectivity index (χ0) is 23.0. The highest BCUT2D eigenvalue weighted by Gasteiger charge is 2.23. The quantitative estimate of drug-likeness (QED) is 0.328. The van der Waals surface area contributed by atoms with Crippen LogP contribution in [0.4, 0.5) is 0 Å². The fourth-order valence-corrected chi connectivity index (χ4v) is 3.79. The van der Waals surface area contributed by atoms with E-state index in [9.17, 15) is 4.79 Å². The minimum atomic E-state index is -0.521. The average molecular weight is 445 g/mol. The molecule has 0 radical (unpaired) electrons. The van der Waals surface area contributed by atoms with Crippen molar-refractivity contribution in [1.82, 2.24) is 19.7 Å². The Bertz CT molecular complexity index is 1150. The summed E-state index contributed by atoms with van der Waals surface area (Å²) in [6.07, 6.45) is 6.26. The third-order valence-electron chi connectivity index (χ3n) is 5.56. The Kier molecular flexibility index (Phi) is 7.29. The molecular formula is C26H28N4O3. The Labute approximate surface area is 193 Å². The highest BCUT2D eigenvalue weighted by molar-refractivity contribution is 5.74. The Morgan fingerprint density at radius 1 is 1.06 bits per heavy atom. The van der Waals surface area contributed by atoms with Crippen molar-refractivity contribution in [3.63, 3.8) is 0 Å². The molecule has 33 heavy (non-hydrogen) atoms. The van der Waals surface area contributed by atoms with Crippen molar-refractivity contribution in [3.8, 4) is 11.5 Å². The number of esters is 1. The van der Waals surface area contributed by atoms with Crippen LogP contribution in [0.15, 0.2) is 71.7 Å². The normalized spacial score (nSPS) is 11.9. The lowest BCUT2D eigenvalue weighted by Crippen LogP contribution is -2.24. The summed E-state index contributed by atoms with van der Waals surface area (Å²) >= 11 is 0. The van der Waals surface area contributed by atoms with E-state index in [4.69, 9.17) is 14.1 Å². The monoisotopic (exact) mass is 444 g/mol. The van der Waals surface area contributed by atoms with Gasteiger partial charge in [-0.25, -0.2) is 19.4 Å². The number of aromatic nitrogens is 4. The number of hydrogen-bond donors (Lipinski definition) is 0. The van der Waals surface area contributed by atoms with Gasteiger partial charge in [-0.1, -0.05) is 42.5 Å². The van der Waals surface area contributed by atoms with Gasteiger partial charge in [-0.15, -0.1) is 0 Å². The van der Waals surface area contributed by atoms with Gasteiger partial charge in [0, 0.05) is 12.0 Å². The number of ether oxygens (including phenoxy) is 1. The fourth-order valence-electron chi connectivity index (χ4n) is 3.79. The topological polar surface area (TPSA) is 83.0 Å². The van der Waals surface area contributed by atoms with E-state index in [1.54, 1.807) is 17.9 Å². The Morgan fingerprint density at radius 3 is 2.52 bits per heavy atom. The van der Waals surface area contributed by atoms with Crippen LogP contribution in [0.3, 0.4) is 0 Å². The van der Waals surface area contributed by atoms with E-state index in [0.717, 1.165) is 41.8 Å². The van der Waals surface area contributed by atoms with E-state index >= 15 is 0 Å². The fraction of sp³-hybridized carbons (Fsp3) is 0.308. The van der Waals surface area contributed by atoms with Crippen molar-refractivity contribution in [2.75, 3.05) is 6.61 Å². The Balaban J connectivity index is 1.33. The van der Waals surface area contributed by atoms with Crippen LogP contribution >= 0.6 is 0 Å². The lowest BCUT2D eigenvalue weighted by Gasteiger charge is -2.15. The molecular weight excluding hydrogens is 416 g/mol. The minimum absolute atomic E-state index is 0.301. The molecule has 0 fully saturated rings. The molecule has 0 aliphatic heterocycles. The second kappa shape index (κ2) is 10.7. The number of hydrogen-bond acceptors (Lipinski definition) is 6. The molecule has 2 heterocycles. The first-order valence-electron chi connectivity index (χ1n) is 11.2. The summed E-state index contributed by atoms with van der Waals surface area (Å²) in [5, 5.41) is 4.12. The second-order valence-electron chi connectivity index (χ2n) is 7.91.